The summed E-state index contributed by atoms with van der Waals surface area (Å²) < 4.78 is 0. The zero-order chi connectivity index (χ0) is 6.85. The first-order chi connectivity index (χ1) is 4.22. The largest absolute Gasteiger partial charge is 0.506 e. The third-order valence-corrected chi connectivity index (χ3v) is 1.58. The van der Waals surface area contributed by atoms with E-state index in [9.17, 15) is 0 Å². The monoisotopic (exact) mass is 141 g/mol. The van der Waals surface area contributed by atoms with Gasteiger partial charge in [0, 0.05) is 6.07 Å². The summed E-state index contributed by atoms with van der Waals surface area (Å²) in [5.74, 6) is 0.0247. The van der Waals surface area contributed by atoms with Crippen LogP contribution in [0.1, 0.15) is 5.56 Å². The maximum atomic E-state index is 8.91. The zero-order valence-electron chi connectivity index (χ0n) is 4.98. The van der Waals surface area contributed by atoms with Gasteiger partial charge in [0.2, 0.25) is 0 Å². The van der Waals surface area contributed by atoms with Crippen molar-refractivity contribution >= 4 is 11.6 Å². The first kappa shape index (κ1) is 6.43. The number of hydrogen-bond acceptors (Lipinski definition) is 1. The Morgan fingerprint density at radius 1 is 1.67 bits per heavy atom. The lowest BCUT2D eigenvalue weighted by Crippen LogP contribution is -1.73. The SMILES string of the molecule is Cc1cc[c]c(O)c1Cl. The van der Waals surface area contributed by atoms with Gasteiger partial charge in [-0.2, -0.15) is 0 Å². The molecule has 0 saturated heterocycles. The Morgan fingerprint density at radius 2 is 2.33 bits per heavy atom. The van der Waals surface area contributed by atoms with Gasteiger partial charge in [0.25, 0.3) is 0 Å². The summed E-state index contributed by atoms with van der Waals surface area (Å²) in [6.45, 7) is 1.83. The predicted octanol–water partition coefficient (Wildman–Crippen LogP) is 2.15. The van der Waals surface area contributed by atoms with Crippen molar-refractivity contribution in [1.29, 1.82) is 0 Å². The van der Waals surface area contributed by atoms with Crippen molar-refractivity contribution < 1.29 is 5.11 Å². The molecule has 0 aliphatic rings. The van der Waals surface area contributed by atoms with Gasteiger partial charge in [-0.1, -0.05) is 23.7 Å². The predicted molar refractivity (Wildman–Crippen MR) is 36.7 cm³/mol. The Bertz CT molecular complexity index is 200. The second kappa shape index (κ2) is 2.28. The zero-order valence-corrected chi connectivity index (χ0v) is 5.74. The van der Waals surface area contributed by atoms with Crippen LogP contribution in [0.5, 0.6) is 5.75 Å². The molecule has 0 aromatic heterocycles. The third-order valence-electron chi connectivity index (χ3n) is 1.11. The van der Waals surface area contributed by atoms with E-state index in [4.69, 9.17) is 16.7 Å². The highest BCUT2D eigenvalue weighted by Crippen LogP contribution is 2.24. The van der Waals surface area contributed by atoms with Crippen molar-refractivity contribution in [2.45, 2.75) is 6.92 Å². The minimum absolute atomic E-state index is 0.0247. The molecule has 0 spiro atoms. The van der Waals surface area contributed by atoms with Gasteiger partial charge in [-0.15, -0.1) is 0 Å². The van der Waals surface area contributed by atoms with Crippen LogP contribution in [0.2, 0.25) is 5.02 Å². The maximum Gasteiger partial charge on any atom is 0.142 e. The van der Waals surface area contributed by atoms with E-state index in [0.717, 1.165) is 5.56 Å². The van der Waals surface area contributed by atoms with E-state index in [2.05, 4.69) is 6.07 Å². The summed E-state index contributed by atoms with van der Waals surface area (Å²) in [5.41, 5.74) is 0.868. The highest BCUT2D eigenvalue weighted by molar-refractivity contribution is 6.32. The number of halogens is 1. The number of phenols is 1. The fourth-order valence-electron chi connectivity index (χ4n) is 0.569. The van der Waals surface area contributed by atoms with Gasteiger partial charge in [0.1, 0.15) is 5.75 Å². The number of hydrogen-bond donors (Lipinski definition) is 1. The summed E-state index contributed by atoms with van der Waals surface area (Å²) in [6.07, 6.45) is 0. The molecular formula is C7H6ClO. The Balaban J connectivity index is 3.25. The van der Waals surface area contributed by atoms with E-state index in [1.165, 1.54) is 0 Å². The first-order valence-corrected chi connectivity index (χ1v) is 2.95. The van der Waals surface area contributed by atoms with Crippen LogP contribution in [-0.4, -0.2) is 5.11 Å². The summed E-state index contributed by atoms with van der Waals surface area (Å²) >= 11 is 5.60. The fourth-order valence-corrected chi connectivity index (χ4v) is 0.686. The molecule has 0 saturated carbocycles. The van der Waals surface area contributed by atoms with Crippen LogP contribution < -0.4 is 0 Å². The molecule has 9 heavy (non-hydrogen) atoms. The molecule has 0 aliphatic heterocycles. The van der Waals surface area contributed by atoms with E-state index in [-0.39, 0.29) is 5.75 Å². The topological polar surface area (TPSA) is 20.2 Å². The van der Waals surface area contributed by atoms with Crippen molar-refractivity contribution in [3.05, 3.63) is 28.8 Å². The molecule has 47 valence electrons. The van der Waals surface area contributed by atoms with E-state index in [0.29, 0.717) is 5.02 Å². The molecule has 0 bridgehead atoms. The number of phenolic OH excluding ortho intramolecular Hbond substituents is 1. The maximum absolute atomic E-state index is 8.91. The fraction of sp³-hybridized carbons (Fsp3) is 0.143. The normalized spacial score (nSPS) is 9.56. The van der Waals surface area contributed by atoms with E-state index in [1.54, 1.807) is 12.1 Å². The molecule has 1 nitrogen and oxygen atoms in total. The Kier molecular flexibility index (Phi) is 1.63. The molecule has 1 rings (SSSR count). The van der Waals surface area contributed by atoms with Crippen LogP contribution in [-0.2, 0) is 0 Å². The molecule has 0 aliphatic carbocycles. The molecule has 0 heterocycles. The van der Waals surface area contributed by atoms with Crippen LogP contribution in [0.25, 0.3) is 0 Å². The van der Waals surface area contributed by atoms with Gasteiger partial charge in [-0.3, -0.25) is 0 Å². The lowest BCUT2D eigenvalue weighted by molar-refractivity contribution is 0.474. The Morgan fingerprint density at radius 3 is 2.78 bits per heavy atom. The molecule has 1 radical (unpaired) electrons. The Hall–Kier alpha value is -0.690. The summed E-state index contributed by atoms with van der Waals surface area (Å²) in [6, 6.07) is 5.99. The van der Waals surface area contributed by atoms with Gasteiger partial charge in [-0.05, 0) is 12.5 Å². The lowest BCUT2D eigenvalue weighted by atomic mass is 10.2. The molecular weight excluding hydrogens is 136 g/mol. The van der Waals surface area contributed by atoms with Crippen LogP contribution in [0.15, 0.2) is 12.1 Å². The molecule has 0 atom stereocenters. The van der Waals surface area contributed by atoms with E-state index < -0.39 is 0 Å². The van der Waals surface area contributed by atoms with Crippen molar-refractivity contribution in [2.24, 2.45) is 0 Å². The molecule has 2 heteroatoms. The lowest BCUT2D eigenvalue weighted by Gasteiger charge is -1.96. The second-order valence-corrected chi connectivity index (χ2v) is 2.20. The van der Waals surface area contributed by atoms with Crippen LogP contribution >= 0.6 is 11.6 Å². The average molecular weight is 142 g/mol. The van der Waals surface area contributed by atoms with Gasteiger partial charge in [-0.25, -0.2) is 0 Å². The third kappa shape index (κ3) is 1.16. The quantitative estimate of drug-likeness (QED) is 0.587. The highest BCUT2D eigenvalue weighted by Gasteiger charge is 1.97. The van der Waals surface area contributed by atoms with Gasteiger partial charge in [0.05, 0.1) is 5.02 Å². The minimum Gasteiger partial charge on any atom is -0.506 e. The van der Waals surface area contributed by atoms with Crippen LogP contribution in [0, 0.1) is 13.0 Å². The molecule has 0 fully saturated rings. The smallest absolute Gasteiger partial charge is 0.142 e. The van der Waals surface area contributed by atoms with Crippen molar-refractivity contribution in [2.75, 3.05) is 0 Å². The standard InChI is InChI=1S/C7H6ClO/c1-5-3-2-4-6(9)7(5)8/h2-3,9H,1H3. The van der Waals surface area contributed by atoms with Crippen LogP contribution in [0.3, 0.4) is 0 Å². The molecule has 1 aromatic carbocycles. The molecule has 0 unspecified atom stereocenters. The average Bonchev–Trinajstić information content (AvgIpc) is 1.83. The van der Waals surface area contributed by atoms with E-state index >= 15 is 0 Å². The number of rotatable bonds is 0. The van der Waals surface area contributed by atoms with Crippen LogP contribution in [0.4, 0.5) is 0 Å². The summed E-state index contributed by atoms with van der Waals surface area (Å²) in [4.78, 5) is 0. The first-order valence-electron chi connectivity index (χ1n) is 2.57. The van der Waals surface area contributed by atoms with Crippen molar-refractivity contribution in [3.8, 4) is 5.75 Å². The van der Waals surface area contributed by atoms with Gasteiger partial charge in [0.15, 0.2) is 0 Å². The second-order valence-electron chi connectivity index (χ2n) is 1.82. The van der Waals surface area contributed by atoms with Crippen molar-refractivity contribution in [3.63, 3.8) is 0 Å². The van der Waals surface area contributed by atoms with Crippen molar-refractivity contribution in [1.82, 2.24) is 0 Å². The molecule has 1 N–H and O–H groups in total. The van der Waals surface area contributed by atoms with Gasteiger partial charge >= 0.3 is 0 Å². The number of aryl methyl sites for hydroxylation is 1. The minimum atomic E-state index is 0.0247. The number of benzene rings is 1. The summed E-state index contributed by atoms with van der Waals surface area (Å²) in [7, 11) is 0. The van der Waals surface area contributed by atoms with E-state index in [1.807, 2.05) is 6.92 Å². The Labute approximate surface area is 58.9 Å². The molecule has 0 amide bonds. The summed E-state index contributed by atoms with van der Waals surface area (Å²) in [5, 5.41) is 9.30. The molecule has 1 aromatic rings. The van der Waals surface area contributed by atoms with Gasteiger partial charge < -0.3 is 5.11 Å². The highest BCUT2D eigenvalue weighted by atomic mass is 35.5. The number of aromatic hydroxyl groups is 1.